The lowest BCUT2D eigenvalue weighted by molar-refractivity contribution is -0.136. The summed E-state index contributed by atoms with van der Waals surface area (Å²) in [5.41, 5.74) is 0.378. The van der Waals surface area contributed by atoms with Crippen molar-refractivity contribution in [1.82, 2.24) is 4.90 Å². The van der Waals surface area contributed by atoms with E-state index < -0.39 is 5.60 Å². The first-order valence-electron chi connectivity index (χ1n) is 7.53. The molecule has 21 heavy (non-hydrogen) atoms. The van der Waals surface area contributed by atoms with Crippen molar-refractivity contribution in [2.24, 2.45) is 5.41 Å². The fraction of sp³-hybridized carbons (Fsp3) is 0.750. The van der Waals surface area contributed by atoms with Crippen LogP contribution in [0.4, 0.5) is 4.79 Å². The van der Waals surface area contributed by atoms with Crippen molar-refractivity contribution in [3.05, 3.63) is 11.6 Å². The van der Waals surface area contributed by atoms with Crippen molar-refractivity contribution in [2.75, 3.05) is 20.2 Å². The summed E-state index contributed by atoms with van der Waals surface area (Å²) in [6, 6.07) is 0. The summed E-state index contributed by atoms with van der Waals surface area (Å²) < 4.78 is 10.2. The average Bonchev–Trinajstić information content (AvgIpc) is 2.81. The van der Waals surface area contributed by atoms with E-state index in [1.807, 2.05) is 20.8 Å². The summed E-state index contributed by atoms with van der Waals surface area (Å²) >= 11 is 0. The molecule has 0 radical (unpaired) electrons. The number of likely N-dealkylation sites (tertiary alicyclic amines) is 1. The summed E-state index contributed by atoms with van der Waals surface area (Å²) in [5, 5.41) is 0. The second kappa shape index (κ2) is 5.70. The van der Waals surface area contributed by atoms with Crippen LogP contribution >= 0.6 is 0 Å². The predicted octanol–water partition coefficient (Wildman–Crippen LogP) is 2.90. The van der Waals surface area contributed by atoms with Gasteiger partial charge in [0.2, 0.25) is 0 Å². The van der Waals surface area contributed by atoms with Crippen molar-refractivity contribution < 1.29 is 19.1 Å². The maximum atomic E-state index is 12.1. The molecule has 0 N–H and O–H groups in total. The highest BCUT2D eigenvalue weighted by Gasteiger charge is 2.39. The smallest absolute Gasteiger partial charge is 0.410 e. The first-order valence-corrected chi connectivity index (χ1v) is 7.53. The van der Waals surface area contributed by atoms with Gasteiger partial charge in [0.15, 0.2) is 0 Å². The molecule has 5 heteroatoms. The fourth-order valence-corrected chi connectivity index (χ4v) is 3.05. The van der Waals surface area contributed by atoms with Crippen LogP contribution in [0.25, 0.3) is 0 Å². The minimum Gasteiger partial charge on any atom is -0.466 e. The van der Waals surface area contributed by atoms with E-state index in [9.17, 15) is 9.59 Å². The van der Waals surface area contributed by atoms with Crippen LogP contribution in [0, 0.1) is 5.41 Å². The molecule has 1 fully saturated rings. The molecule has 5 nitrogen and oxygen atoms in total. The number of esters is 1. The van der Waals surface area contributed by atoms with Gasteiger partial charge in [0.1, 0.15) is 5.60 Å². The third-order valence-corrected chi connectivity index (χ3v) is 4.23. The maximum Gasteiger partial charge on any atom is 0.410 e. The number of carbonyl (C=O) groups is 2. The molecule has 1 spiro atoms. The molecule has 0 aromatic rings. The zero-order chi connectivity index (χ0) is 15.7. The first kappa shape index (κ1) is 15.9. The number of hydrogen-bond donors (Lipinski definition) is 0. The van der Waals surface area contributed by atoms with Crippen molar-refractivity contribution >= 4 is 12.1 Å². The van der Waals surface area contributed by atoms with Gasteiger partial charge in [0, 0.05) is 18.7 Å². The predicted molar refractivity (Wildman–Crippen MR) is 78.8 cm³/mol. The number of rotatable bonds is 1. The van der Waals surface area contributed by atoms with Crippen LogP contribution < -0.4 is 0 Å². The molecule has 0 aromatic carbocycles. The molecule has 0 saturated carbocycles. The summed E-state index contributed by atoms with van der Waals surface area (Å²) in [4.78, 5) is 25.4. The SMILES string of the molecule is COC(=O)C1=CC2(CC1)CCN(C(=O)OC(C)(C)C)CC2. The third-order valence-electron chi connectivity index (χ3n) is 4.23. The Morgan fingerprint density at radius 2 is 1.81 bits per heavy atom. The lowest BCUT2D eigenvalue weighted by Crippen LogP contribution is -2.44. The van der Waals surface area contributed by atoms with E-state index in [-0.39, 0.29) is 17.5 Å². The Morgan fingerprint density at radius 3 is 2.33 bits per heavy atom. The Labute approximate surface area is 126 Å². The fourth-order valence-electron chi connectivity index (χ4n) is 3.05. The maximum absolute atomic E-state index is 12.1. The highest BCUT2D eigenvalue weighted by Crippen LogP contribution is 2.44. The van der Waals surface area contributed by atoms with Crippen LogP contribution in [0.2, 0.25) is 0 Å². The number of allylic oxidation sites excluding steroid dienone is 1. The summed E-state index contributed by atoms with van der Waals surface area (Å²) in [6.07, 6.45) is 5.34. The Morgan fingerprint density at radius 1 is 1.19 bits per heavy atom. The molecule has 0 bridgehead atoms. The molecule has 0 aromatic heterocycles. The van der Waals surface area contributed by atoms with Gasteiger partial charge in [-0.25, -0.2) is 9.59 Å². The minimum absolute atomic E-state index is 0.0576. The van der Waals surface area contributed by atoms with E-state index in [1.54, 1.807) is 4.90 Å². The van der Waals surface area contributed by atoms with Gasteiger partial charge in [0.25, 0.3) is 0 Å². The van der Waals surface area contributed by atoms with Gasteiger partial charge < -0.3 is 14.4 Å². The Bertz CT molecular complexity index is 453. The van der Waals surface area contributed by atoms with Gasteiger partial charge in [-0.3, -0.25) is 0 Å². The topological polar surface area (TPSA) is 55.8 Å². The van der Waals surface area contributed by atoms with Crippen LogP contribution in [0.5, 0.6) is 0 Å². The molecular weight excluding hydrogens is 270 g/mol. The second-order valence-electron chi connectivity index (χ2n) is 6.99. The van der Waals surface area contributed by atoms with Crippen LogP contribution in [0.3, 0.4) is 0 Å². The van der Waals surface area contributed by atoms with Crippen LogP contribution in [-0.4, -0.2) is 42.8 Å². The molecule has 1 aliphatic heterocycles. The van der Waals surface area contributed by atoms with Crippen LogP contribution in [-0.2, 0) is 14.3 Å². The van der Waals surface area contributed by atoms with Gasteiger partial charge in [0.05, 0.1) is 7.11 Å². The van der Waals surface area contributed by atoms with E-state index in [4.69, 9.17) is 9.47 Å². The number of methoxy groups -OCH3 is 1. The normalized spacial score (nSPS) is 21.1. The monoisotopic (exact) mass is 295 g/mol. The van der Waals surface area contributed by atoms with Crippen molar-refractivity contribution in [2.45, 2.75) is 52.1 Å². The molecule has 0 unspecified atom stereocenters. The van der Waals surface area contributed by atoms with Gasteiger partial charge >= 0.3 is 12.1 Å². The largest absolute Gasteiger partial charge is 0.466 e. The minimum atomic E-state index is -0.461. The molecule has 1 aliphatic carbocycles. The number of piperidine rings is 1. The van der Waals surface area contributed by atoms with Crippen molar-refractivity contribution in [3.8, 4) is 0 Å². The van der Waals surface area contributed by atoms with E-state index in [1.165, 1.54) is 7.11 Å². The molecule has 118 valence electrons. The van der Waals surface area contributed by atoms with E-state index >= 15 is 0 Å². The van der Waals surface area contributed by atoms with Gasteiger partial charge in [-0.2, -0.15) is 0 Å². The number of ether oxygens (including phenoxy) is 2. The van der Waals surface area contributed by atoms with E-state index in [0.29, 0.717) is 13.1 Å². The molecule has 1 amide bonds. The zero-order valence-electron chi connectivity index (χ0n) is 13.4. The molecular formula is C16H25NO4. The lowest BCUT2D eigenvalue weighted by Gasteiger charge is -2.38. The van der Waals surface area contributed by atoms with E-state index in [2.05, 4.69) is 6.08 Å². The quantitative estimate of drug-likeness (QED) is 0.698. The highest BCUT2D eigenvalue weighted by atomic mass is 16.6. The Balaban J connectivity index is 1.93. The zero-order valence-corrected chi connectivity index (χ0v) is 13.4. The number of hydrogen-bond acceptors (Lipinski definition) is 4. The van der Waals surface area contributed by atoms with E-state index in [0.717, 1.165) is 31.3 Å². The lowest BCUT2D eigenvalue weighted by atomic mass is 9.78. The standard InChI is InChI=1S/C16H25NO4/c1-15(2,3)21-14(19)17-9-7-16(8-10-17)6-5-12(11-16)13(18)20-4/h11H,5-10H2,1-4H3. The summed E-state index contributed by atoms with van der Waals surface area (Å²) in [5.74, 6) is -0.221. The number of amides is 1. The first-order chi connectivity index (χ1) is 9.75. The van der Waals surface area contributed by atoms with Crippen molar-refractivity contribution in [1.29, 1.82) is 0 Å². The number of carbonyl (C=O) groups excluding carboxylic acids is 2. The molecule has 1 heterocycles. The highest BCUT2D eigenvalue weighted by molar-refractivity contribution is 5.89. The Hall–Kier alpha value is -1.52. The van der Waals surface area contributed by atoms with Crippen LogP contribution in [0.1, 0.15) is 46.5 Å². The molecule has 2 aliphatic rings. The van der Waals surface area contributed by atoms with Gasteiger partial charge in [-0.1, -0.05) is 6.08 Å². The Kier molecular flexibility index (Phi) is 4.30. The molecule has 2 rings (SSSR count). The average molecular weight is 295 g/mol. The second-order valence-corrected chi connectivity index (χ2v) is 6.99. The van der Waals surface area contributed by atoms with Gasteiger partial charge in [-0.05, 0) is 51.9 Å². The molecule has 1 saturated heterocycles. The van der Waals surface area contributed by atoms with Gasteiger partial charge in [-0.15, -0.1) is 0 Å². The summed E-state index contributed by atoms with van der Waals surface area (Å²) in [6.45, 7) is 6.98. The third kappa shape index (κ3) is 3.77. The van der Waals surface area contributed by atoms with Crippen molar-refractivity contribution in [3.63, 3.8) is 0 Å². The summed E-state index contributed by atoms with van der Waals surface area (Å²) in [7, 11) is 1.42. The van der Waals surface area contributed by atoms with Crippen LogP contribution in [0.15, 0.2) is 11.6 Å². The number of nitrogens with zero attached hydrogens (tertiary/aromatic N) is 1. The molecule has 0 atom stereocenters.